The van der Waals surface area contributed by atoms with Crippen molar-refractivity contribution in [2.45, 2.75) is 39.0 Å². The second kappa shape index (κ2) is 3.46. The summed E-state index contributed by atoms with van der Waals surface area (Å²) in [5.41, 5.74) is 1.44. The zero-order chi connectivity index (χ0) is 10.4. The molecule has 0 bridgehead atoms. The SMILES string of the molecule is CC1(CNCC2CC23CCNCC3)CC1. The van der Waals surface area contributed by atoms with Gasteiger partial charge in [0.25, 0.3) is 0 Å². The van der Waals surface area contributed by atoms with Gasteiger partial charge in [0.2, 0.25) is 0 Å². The maximum Gasteiger partial charge on any atom is 0.000529 e. The zero-order valence-electron chi connectivity index (χ0n) is 9.94. The first-order valence-corrected chi connectivity index (χ1v) is 6.64. The van der Waals surface area contributed by atoms with Crippen LogP contribution in [-0.2, 0) is 0 Å². The Kier molecular flexibility index (Phi) is 2.33. The fourth-order valence-corrected chi connectivity index (χ4v) is 3.20. The second-order valence-corrected chi connectivity index (χ2v) is 6.45. The molecule has 15 heavy (non-hydrogen) atoms. The van der Waals surface area contributed by atoms with E-state index >= 15 is 0 Å². The lowest BCUT2D eigenvalue weighted by molar-refractivity contribution is 0.316. The Balaban J connectivity index is 1.39. The monoisotopic (exact) mass is 208 g/mol. The summed E-state index contributed by atoms with van der Waals surface area (Å²) in [6.07, 6.45) is 7.24. The van der Waals surface area contributed by atoms with Crippen molar-refractivity contribution in [2.24, 2.45) is 16.7 Å². The molecule has 3 aliphatic rings. The molecule has 0 aromatic carbocycles. The third-order valence-corrected chi connectivity index (χ3v) is 5.00. The van der Waals surface area contributed by atoms with E-state index in [4.69, 9.17) is 0 Å². The Morgan fingerprint density at radius 2 is 1.93 bits per heavy atom. The molecular formula is C13H24N2. The maximum absolute atomic E-state index is 3.70. The number of hydrogen-bond acceptors (Lipinski definition) is 2. The van der Waals surface area contributed by atoms with E-state index in [0.29, 0.717) is 5.41 Å². The molecule has 0 aromatic heterocycles. The lowest BCUT2D eigenvalue weighted by Gasteiger charge is -2.23. The van der Waals surface area contributed by atoms with Crippen LogP contribution >= 0.6 is 0 Å². The third kappa shape index (κ3) is 2.07. The van der Waals surface area contributed by atoms with Crippen molar-refractivity contribution in [3.63, 3.8) is 0 Å². The van der Waals surface area contributed by atoms with Crippen LogP contribution in [-0.4, -0.2) is 26.2 Å². The summed E-state index contributed by atoms with van der Waals surface area (Å²) >= 11 is 0. The second-order valence-electron chi connectivity index (χ2n) is 6.45. The van der Waals surface area contributed by atoms with Crippen LogP contribution in [0.25, 0.3) is 0 Å². The largest absolute Gasteiger partial charge is 0.317 e. The normalized spacial score (nSPS) is 35.4. The minimum Gasteiger partial charge on any atom is -0.317 e. The predicted molar refractivity (Wildman–Crippen MR) is 62.9 cm³/mol. The van der Waals surface area contributed by atoms with E-state index in [1.807, 2.05) is 0 Å². The molecule has 1 saturated heterocycles. The summed E-state index contributed by atoms with van der Waals surface area (Å²) in [4.78, 5) is 0. The van der Waals surface area contributed by atoms with E-state index in [9.17, 15) is 0 Å². The zero-order valence-corrected chi connectivity index (χ0v) is 9.94. The third-order valence-electron chi connectivity index (χ3n) is 5.00. The highest BCUT2D eigenvalue weighted by Gasteiger charge is 2.53. The van der Waals surface area contributed by atoms with Crippen LogP contribution in [0.3, 0.4) is 0 Å². The van der Waals surface area contributed by atoms with Crippen molar-refractivity contribution in [3.05, 3.63) is 0 Å². The fraction of sp³-hybridized carbons (Fsp3) is 1.00. The molecule has 0 amide bonds. The van der Waals surface area contributed by atoms with Crippen LogP contribution < -0.4 is 10.6 Å². The van der Waals surface area contributed by atoms with Gasteiger partial charge in [-0.25, -0.2) is 0 Å². The Bertz CT molecular complexity index is 239. The van der Waals surface area contributed by atoms with Crippen LogP contribution in [0.15, 0.2) is 0 Å². The van der Waals surface area contributed by atoms with Crippen LogP contribution in [0.1, 0.15) is 39.0 Å². The van der Waals surface area contributed by atoms with Gasteiger partial charge in [-0.05, 0) is 68.5 Å². The predicted octanol–water partition coefficient (Wildman–Crippen LogP) is 1.77. The first kappa shape index (κ1) is 10.1. The van der Waals surface area contributed by atoms with Gasteiger partial charge in [-0.15, -0.1) is 0 Å². The standard InChI is InChI=1S/C13H24N2/c1-12(2-3-12)10-15-9-11-8-13(11)4-6-14-7-5-13/h11,14-15H,2-10H2,1H3. The molecule has 1 spiro atoms. The lowest BCUT2D eigenvalue weighted by atomic mass is 9.92. The molecule has 3 fully saturated rings. The van der Waals surface area contributed by atoms with Gasteiger partial charge in [-0.1, -0.05) is 6.92 Å². The molecule has 1 aliphatic heterocycles. The van der Waals surface area contributed by atoms with E-state index in [1.54, 1.807) is 0 Å². The molecule has 2 nitrogen and oxygen atoms in total. The Labute approximate surface area is 93.2 Å². The minimum atomic E-state index is 0.677. The van der Waals surface area contributed by atoms with Gasteiger partial charge in [-0.2, -0.15) is 0 Å². The van der Waals surface area contributed by atoms with Gasteiger partial charge < -0.3 is 10.6 Å². The van der Waals surface area contributed by atoms with E-state index in [-0.39, 0.29) is 0 Å². The number of nitrogens with one attached hydrogen (secondary N) is 2. The lowest BCUT2D eigenvalue weighted by Crippen LogP contribution is -2.32. The molecule has 1 atom stereocenters. The minimum absolute atomic E-state index is 0.677. The smallest absolute Gasteiger partial charge is 0.000529 e. The van der Waals surface area contributed by atoms with Crippen molar-refractivity contribution in [1.29, 1.82) is 0 Å². The summed E-state index contributed by atoms with van der Waals surface area (Å²) in [6, 6.07) is 0. The highest BCUT2D eigenvalue weighted by Crippen LogP contribution is 2.58. The number of piperidine rings is 1. The van der Waals surface area contributed by atoms with Crippen molar-refractivity contribution in [3.8, 4) is 0 Å². The summed E-state index contributed by atoms with van der Waals surface area (Å²) in [5.74, 6) is 1.00. The summed E-state index contributed by atoms with van der Waals surface area (Å²) < 4.78 is 0. The average molecular weight is 208 g/mol. The highest BCUT2D eigenvalue weighted by atomic mass is 14.9. The van der Waals surface area contributed by atoms with Crippen LogP contribution in [0.2, 0.25) is 0 Å². The molecule has 1 unspecified atom stereocenters. The van der Waals surface area contributed by atoms with E-state index in [1.165, 1.54) is 58.3 Å². The van der Waals surface area contributed by atoms with Crippen molar-refractivity contribution in [1.82, 2.24) is 10.6 Å². The molecule has 2 aliphatic carbocycles. The van der Waals surface area contributed by atoms with E-state index in [2.05, 4.69) is 17.6 Å². The molecule has 2 saturated carbocycles. The van der Waals surface area contributed by atoms with Crippen molar-refractivity contribution >= 4 is 0 Å². The van der Waals surface area contributed by atoms with Crippen molar-refractivity contribution < 1.29 is 0 Å². The van der Waals surface area contributed by atoms with E-state index < -0.39 is 0 Å². The average Bonchev–Trinajstić information content (AvgIpc) is 3.11. The Morgan fingerprint density at radius 1 is 1.20 bits per heavy atom. The maximum atomic E-state index is 3.70. The number of hydrogen-bond donors (Lipinski definition) is 2. The van der Waals surface area contributed by atoms with Crippen LogP contribution in [0, 0.1) is 16.7 Å². The van der Waals surface area contributed by atoms with Gasteiger partial charge in [0.15, 0.2) is 0 Å². The first-order chi connectivity index (χ1) is 7.23. The van der Waals surface area contributed by atoms with Gasteiger partial charge in [-0.3, -0.25) is 0 Å². The van der Waals surface area contributed by atoms with Gasteiger partial charge in [0, 0.05) is 6.54 Å². The molecule has 86 valence electrons. The Morgan fingerprint density at radius 3 is 2.60 bits per heavy atom. The van der Waals surface area contributed by atoms with Crippen LogP contribution in [0.5, 0.6) is 0 Å². The Hall–Kier alpha value is -0.0800. The summed E-state index contributed by atoms with van der Waals surface area (Å²) in [5, 5.41) is 7.17. The quantitative estimate of drug-likeness (QED) is 0.736. The molecule has 0 aromatic rings. The van der Waals surface area contributed by atoms with Gasteiger partial charge in [0.05, 0.1) is 0 Å². The number of rotatable bonds is 4. The molecule has 1 heterocycles. The summed E-state index contributed by atoms with van der Waals surface area (Å²) in [6.45, 7) is 7.48. The van der Waals surface area contributed by atoms with Crippen LogP contribution in [0.4, 0.5) is 0 Å². The topological polar surface area (TPSA) is 24.1 Å². The summed E-state index contributed by atoms with van der Waals surface area (Å²) in [7, 11) is 0. The molecular weight excluding hydrogens is 184 g/mol. The molecule has 2 N–H and O–H groups in total. The van der Waals surface area contributed by atoms with Gasteiger partial charge in [0.1, 0.15) is 0 Å². The molecule has 2 heteroatoms. The highest BCUT2D eigenvalue weighted by molar-refractivity contribution is 5.05. The van der Waals surface area contributed by atoms with Gasteiger partial charge >= 0.3 is 0 Å². The first-order valence-electron chi connectivity index (χ1n) is 6.64. The molecule has 0 radical (unpaired) electrons. The van der Waals surface area contributed by atoms with Crippen molar-refractivity contribution in [2.75, 3.05) is 26.2 Å². The fourth-order valence-electron chi connectivity index (χ4n) is 3.20. The molecule has 3 rings (SSSR count). The van der Waals surface area contributed by atoms with E-state index in [0.717, 1.165) is 11.3 Å².